The molecule has 0 saturated carbocycles. The highest BCUT2D eigenvalue weighted by atomic mass is 35.5. The van der Waals surface area contributed by atoms with Gasteiger partial charge in [0.15, 0.2) is 0 Å². The molecule has 2 nitrogen and oxygen atoms in total. The van der Waals surface area contributed by atoms with Gasteiger partial charge in [0, 0.05) is 12.0 Å². The van der Waals surface area contributed by atoms with Crippen LogP contribution in [0.25, 0.3) is 0 Å². The van der Waals surface area contributed by atoms with Crippen LogP contribution in [0, 0.1) is 11.8 Å². The lowest BCUT2D eigenvalue weighted by atomic mass is 9.72. The zero-order valence-corrected chi connectivity index (χ0v) is 19.9. The van der Waals surface area contributed by atoms with Gasteiger partial charge < -0.3 is 10.6 Å². The molecule has 0 bridgehead atoms. The molecule has 4 heteroatoms. The summed E-state index contributed by atoms with van der Waals surface area (Å²) in [5, 5.41) is 1.23. The van der Waals surface area contributed by atoms with E-state index in [9.17, 15) is 0 Å². The second kappa shape index (κ2) is 11.0. The molecule has 1 heterocycles. The van der Waals surface area contributed by atoms with E-state index < -0.39 is 0 Å². The van der Waals surface area contributed by atoms with E-state index in [1.54, 1.807) is 0 Å². The molecule has 1 saturated heterocycles. The van der Waals surface area contributed by atoms with Gasteiger partial charge in [-0.2, -0.15) is 0 Å². The predicted molar refractivity (Wildman–Crippen MR) is 131 cm³/mol. The second-order valence-corrected chi connectivity index (χ2v) is 10.3. The summed E-state index contributed by atoms with van der Waals surface area (Å²) in [6.07, 6.45) is 5.88. The maximum absolute atomic E-state index is 6.41. The van der Waals surface area contributed by atoms with E-state index in [4.69, 9.17) is 28.9 Å². The molecule has 0 amide bonds. The van der Waals surface area contributed by atoms with Crippen molar-refractivity contribution >= 4 is 23.2 Å². The summed E-state index contributed by atoms with van der Waals surface area (Å²) >= 11 is 12.5. The van der Waals surface area contributed by atoms with E-state index in [1.165, 1.54) is 43.5 Å². The van der Waals surface area contributed by atoms with Crippen molar-refractivity contribution in [3.8, 4) is 0 Å². The normalized spacial score (nSPS) is 17.9. The van der Waals surface area contributed by atoms with Gasteiger partial charge in [-0.1, -0.05) is 73.4 Å². The number of hydrogen-bond acceptors (Lipinski definition) is 2. The zero-order chi connectivity index (χ0) is 21.6. The Labute approximate surface area is 192 Å². The Morgan fingerprint density at radius 1 is 1.03 bits per heavy atom. The van der Waals surface area contributed by atoms with Crippen LogP contribution in [-0.4, -0.2) is 31.1 Å². The molecule has 0 aliphatic carbocycles. The summed E-state index contributed by atoms with van der Waals surface area (Å²) < 4.78 is 0. The fraction of sp³-hybridized carbons (Fsp3) is 0.538. The summed E-state index contributed by atoms with van der Waals surface area (Å²) in [7, 11) is 0. The van der Waals surface area contributed by atoms with Crippen LogP contribution in [0.1, 0.15) is 50.7 Å². The Hall–Kier alpha value is -1.06. The first-order chi connectivity index (χ1) is 14.4. The molecule has 2 aromatic rings. The third-order valence-corrected chi connectivity index (χ3v) is 7.44. The minimum absolute atomic E-state index is 0.0523. The molecule has 0 spiro atoms. The molecule has 1 aliphatic rings. The first-order valence-corrected chi connectivity index (χ1v) is 12.1. The smallest absolute Gasteiger partial charge is 0.0595 e. The Morgan fingerprint density at radius 3 is 2.33 bits per heavy atom. The summed E-state index contributed by atoms with van der Waals surface area (Å²) in [4.78, 5) is 2.63. The highest BCUT2D eigenvalue weighted by Gasteiger charge is 2.33. The fourth-order valence-corrected chi connectivity index (χ4v) is 5.31. The third kappa shape index (κ3) is 6.23. The van der Waals surface area contributed by atoms with Crippen molar-refractivity contribution in [2.45, 2.75) is 51.4 Å². The standard InChI is InChI=1S/C26H36Cl2N2/c1-20(2)18-26(19-29,23-8-9-24(27)25(28)17-23)12-15-30-13-10-22(11-14-30)16-21-6-4-3-5-7-21/h3-9,17,20,22H,10-16,18-19,29H2,1-2H3. The van der Waals surface area contributed by atoms with Crippen LogP contribution < -0.4 is 5.73 Å². The molecule has 2 aromatic carbocycles. The lowest BCUT2D eigenvalue weighted by molar-refractivity contribution is 0.163. The molecule has 1 atom stereocenters. The van der Waals surface area contributed by atoms with Gasteiger partial charge in [-0.05, 0) is 86.8 Å². The largest absolute Gasteiger partial charge is 0.330 e. The van der Waals surface area contributed by atoms with Crippen LogP contribution >= 0.6 is 23.2 Å². The van der Waals surface area contributed by atoms with Crippen molar-refractivity contribution in [3.63, 3.8) is 0 Å². The summed E-state index contributed by atoms with van der Waals surface area (Å²) in [6.45, 7) is 8.63. The Balaban J connectivity index is 1.61. The summed E-state index contributed by atoms with van der Waals surface area (Å²) in [6, 6.07) is 17.0. The van der Waals surface area contributed by atoms with Crippen molar-refractivity contribution in [1.29, 1.82) is 0 Å². The lowest BCUT2D eigenvalue weighted by Crippen LogP contribution is -2.42. The molecule has 30 heavy (non-hydrogen) atoms. The van der Waals surface area contributed by atoms with E-state index in [0.717, 1.165) is 25.3 Å². The summed E-state index contributed by atoms with van der Waals surface area (Å²) in [5.74, 6) is 1.37. The molecule has 1 unspecified atom stereocenters. The van der Waals surface area contributed by atoms with E-state index in [2.05, 4.69) is 55.1 Å². The van der Waals surface area contributed by atoms with Crippen molar-refractivity contribution in [2.75, 3.05) is 26.2 Å². The molecular formula is C26H36Cl2N2. The van der Waals surface area contributed by atoms with Gasteiger partial charge in [-0.15, -0.1) is 0 Å². The SMILES string of the molecule is CC(C)CC(CN)(CCN1CCC(Cc2ccccc2)CC1)c1ccc(Cl)c(Cl)c1. The van der Waals surface area contributed by atoms with E-state index in [1.807, 2.05) is 12.1 Å². The number of hydrogen-bond donors (Lipinski definition) is 1. The van der Waals surface area contributed by atoms with Gasteiger partial charge in [0.1, 0.15) is 0 Å². The average molecular weight is 447 g/mol. The molecule has 1 fully saturated rings. The second-order valence-electron chi connectivity index (χ2n) is 9.44. The van der Waals surface area contributed by atoms with Crippen LogP contribution in [0.2, 0.25) is 10.0 Å². The van der Waals surface area contributed by atoms with Crippen LogP contribution in [-0.2, 0) is 11.8 Å². The molecular weight excluding hydrogens is 411 g/mol. The van der Waals surface area contributed by atoms with Gasteiger partial charge in [0.05, 0.1) is 10.0 Å². The van der Waals surface area contributed by atoms with Gasteiger partial charge in [0.2, 0.25) is 0 Å². The van der Waals surface area contributed by atoms with Crippen molar-refractivity contribution in [3.05, 3.63) is 69.7 Å². The van der Waals surface area contributed by atoms with Crippen LogP contribution in [0.15, 0.2) is 48.5 Å². The predicted octanol–water partition coefficient (Wildman–Crippen LogP) is 6.58. The number of nitrogens with two attached hydrogens (primary N) is 1. The van der Waals surface area contributed by atoms with E-state index in [-0.39, 0.29) is 5.41 Å². The maximum Gasteiger partial charge on any atom is 0.0595 e. The van der Waals surface area contributed by atoms with Crippen molar-refractivity contribution < 1.29 is 0 Å². The van der Waals surface area contributed by atoms with Gasteiger partial charge in [-0.3, -0.25) is 0 Å². The van der Waals surface area contributed by atoms with Crippen molar-refractivity contribution in [2.24, 2.45) is 17.6 Å². The molecule has 1 aliphatic heterocycles. The number of nitrogens with zero attached hydrogens (tertiary/aromatic N) is 1. The average Bonchev–Trinajstić information content (AvgIpc) is 2.74. The molecule has 0 radical (unpaired) electrons. The topological polar surface area (TPSA) is 29.3 Å². The van der Waals surface area contributed by atoms with Gasteiger partial charge in [-0.25, -0.2) is 0 Å². The number of halogens is 2. The highest BCUT2D eigenvalue weighted by Crippen LogP contribution is 2.37. The monoisotopic (exact) mass is 446 g/mol. The first-order valence-electron chi connectivity index (χ1n) is 11.3. The van der Waals surface area contributed by atoms with Gasteiger partial charge in [0.25, 0.3) is 0 Å². The zero-order valence-electron chi connectivity index (χ0n) is 18.4. The molecule has 0 aromatic heterocycles. The number of likely N-dealkylation sites (tertiary alicyclic amines) is 1. The minimum atomic E-state index is -0.0523. The highest BCUT2D eigenvalue weighted by molar-refractivity contribution is 6.42. The van der Waals surface area contributed by atoms with Gasteiger partial charge >= 0.3 is 0 Å². The quantitative estimate of drug-likeness (QED) is 0.470. The molecule has 3 rings (SSSR count). The van der Waals surface area contributed by atoms with E-state index in [0.29, 0.717) is 22.5 Å². The first kappa shape index (κ1) is 23.6. The fourth-order valence-electron chi connectivity index (χ4n) is 5.01. The van der Waals surface area contributed by atoms with E-state index >= 15 is 0 Å². The Kier molecular flexibility index (Phi) is 8.65. The maximum atomic E-state index is 6.41. The summed E-state index contributed by atoms with van der Waals surface area (Å²) in [5.41, 5.74) is 9.05. The Morgan fingerprint density at radius 2 is 1.73 bits per heavy atom. The Bertz CT molecular complexity index is 785. The molecule has 2 N–H and O–H groups in total. The molecule has 164 valence electrons. The number of piperidine rings is 1. The van der Waals surface area contributed by atoms with Crippen LogP contribution in [0.3, 0.4) is 0 Å². The van der Waals surface area contributed by atoms with Crippen LogP contribution in [0.4, 0.5) is 0 Å². The minimum Gasteiger partial charge on any atom is -0.330 e. The number of rotatable bonds is 9. The third-order valence-electron chi connectivity index (χ3n) is 6.70. The van der Waals surface area contributed by atoms with Crippen LogP contribution in [0.5, 0.6) is 0 Å². The lowest BCUT2D eigenvalue weighted by Gasteiger charge is -2.39. The number of benzene rings is 2. The van der Waals surface area contributed by atoms with Crippen molar-refractivity contribution in [1.82, 2.24) is 4.90 Å².